The van der Waals surface area contributed by atoms with Gasteiger partial charge in [0, 0.05) is 13.1 Å². The molecule has 1 N–H and O–H groups in total. The van der Waals surface area contributed by atoms with Crippen LogP contribution >= 0.6 is 0 Å². The number of aliphatic hydroxyl groups is 1. The highest BCUT2D eigenvalue weighted by molar-refractivity contribution is 4.89. The van der Waals surface area contributed by atoms with Crippen molar-refractivity contribution in [2.24, 2.45) is 5.92 Å². The van der Waals surface area contributed by atoms with Crippen LogP contribution in [0.25, 0.3) is 0 Å². The van der Waals surface area contributed by atoms with Gasteiger partial charge in [-0.3, -0.25) is 4.90 Å². The lowest BCUT2D eigenvalue weighted by Gasteiger charge is -2.33. The fourth-order valence-electron chi connectivity index (χ4n) is 1.85. The third-order valence-electron chi connectivity index (χ3n) is 2.30. The third-order valence-corrected chi connectivity index (χ3v) is 2.30. The molecular weight excluding hydrogens is 164 g/mol. The van der Waals surface area contributed by atoms with Crippen molar-refractivity contribution in [3.63, 3.8) is 0 Å². The first-order chi connectivity index (χ1) is 6.01. The van der Waals surface area contributed by atoms with Crippen LogP contribution in [0.15, 0.2) is 0 Å². The van der Waals surface area contributed by atoms with Gasteiger partial charge in [-0.05, 0) is 33.2 Å². The maximum atomic E-state index is 9.60. The lowest BCUT2D eigenvalue weighted by molar-refractivity contribution is 0.0256. The Morgan fingerprint density at radius 2 is 2.31 bits per heavy atom. The molecule has 1 rings (SSSR count). The van der Waals surface area contributed by atoms with E-state index < -0.39 is 5.60 Å². The van der Waals surface area contributed by atoms with Gasteiger partial charge in [0.15, 0.2) is 0 Å². The maximum Gasteiger partial charge on any atom is 0.0718 e. The van der Waals surface area contributed by atoms with E-state index >= 15 is 0 Å². The summed E-state index contributed by atoms with van der Waals surface area (Å²) in [5.74, 6) is 0.163. The SMILES string of the molecule is CC(C)(O)CN1CCCC(C#N)C1. The molecule has 13 heavy (non-hydrogen) atoms. The molecule has 1 heterocycles. The van der Waals surface area contributed by atoms with E-state index in [9.17, 15) is 5.11 Å². The molecule has 1 saturated heterocycles. The van der Waals surface area contributed by atoms with Gasteiger partial charge < -0.3 is 5.11 Å². The van der Waals surface area contributed by atoms with Crippen LogP contribution in [-0.2, 0) is 0 Å². The van der Waals surface area contributed by atoms with Crippen molar-refractivity contribution in [3.05, 3.63) is 0 Å². The molecule has 74 valence electrons. The normalized spacial score (nSPS) is 25.5. The van der Waals surface area contributed by atoms with Crippen molar-refractivity contribution in [1.29, 1.82) is 5.26 Å². The minimum Gasteiger partial charge on any atom is -0.389 e. The molecule has 1 unspecified atom stereocenters. The monoisotopic (exact) mass is 182 g/mol. The number of piperidine rings is 1. The fraction of sp³-hybridized carbons (Fsp3) is 0.900. The second kappa shape index (κ2) is 4.08. The van der Waals surface area contributed by atoms with E-state index in [1.54, 1.807) is 0 Å². The highest BCUT2D eigenvalue weighted by atomic mass is 16.3. The Kier molecular flexibility index (Phi) is 3.29. The van der Waals surface area contributed by atoms with Crippen molar-refractivity contribution in [2.75, 3.05) is 19.6 Å². The zero-order valence-electron chi connectivity index (χ0n) is 8.45. The summed E-state index contributed by atoms with van der Waals surface area (Å²) in [5, 5.41) is 18.4. The van der Waals surface area contributed by atoms with E-state index in [0.29, 0.717) is 6.54 Å². The van der Waals surface area contributed by atoms with Gasteiger partial charge in [0.1, 0.15) is 0 Å². The Morgan fingerprint density at radius 1 is 1.62 bits per heavy atom. The number of rotatable bonds is 2. The molecule has 0 aliphatic carbocycles. The molecular formula is C10H18N2O. The molecule has 3 nitrogen and oxygen atoms in total. The minimum atomic E-state index is -0.642. The van der Waals surface area contributed by atoms with E-state index in [0.717, 1.165) is 25.9 Å². The molecule has 0 bridgehead atoms. The van der Waals surface area contributed by atoms with Crippen molar-refractivity contribution < 1.29 is 5.11 Å². The largest absolute Gasteiger partial charge is 0.389 e. The predicted octanol–water partition coefficient (Wildman–Crippen LogP) is 0.993. The summed E-state index contributed by atoms with van der Waals surface area (Å²) in [6, 6.07) is 2.30. The number of β-amino-alcohol motifs (C(OH)–C–C–N with tert-alkyl or cyclic N) is 1. The van der Waals surface area contributed by atoms with E-state index in [4.69, 9.17) is 5.26 Å². The van der Waals surface area contributed by atoms with Crippen LogP contribution in [0.4, 0.5) is 0 Å². The molecule has 0 spiro atoms. The highest BCUT2D eigenvalue weighted by Gasteiger charge is 2.24. The van der Waals surface area contributed by atoms with Gasteiger partial charge in [-0.1, -0.05) is 0 Å². The zero-order valence-corrected chi connectivity index (χ0v) is 8.45. The Labute approximate surface area is 80.0 Å². The summed E-state index contributed by atoms with van der Waals surface area (Å²) >= 11 is 0. The molecule has 1 atom stereocenters. The molecule has 0 amide bonds. The number of nitrogens with zero attached hydrogens (tertiary/aromatic N) is 2. The molecule has 0 aromatic carbocycles. The molecule has 0 radical (unpaired) electrons. The summed E-state index contributed by atoms with van der Waals surface area (Å²) < 4.78 is 0. The first-order valence-corrected chi connectivity index (χ1v) is 4.85. The van der Waals surface area contributed by atoms with E-state index in [-0.39, 0.29) is 5.92 Å². The summed E-state index contributed by atoms with van der Waals surface area (Å²) in [4.78, 5) is 2.18. The highest BCUT2D eigenvalue weighted by Crippen LogP contribution is 2.17. The van der Waals surface area contributed by atoms with E-state index in [2.05, 4.69) is 11.0 Å². The average Bonchev–Trinajstić information content (AvgIpc) is 2.01. The Balaban J connectivity index is 2.40. The van der Waals surface area contributed by atoms with Crippen molar-refractivity contribution in [1.82, 2.24) is 4.90 Å². The second-order valence-electron chi connectivity index (χ2n) is 4.52. The summed E-state index contributed by atoms with van der Waals surface area (Å²) in [6.45, 7) is 6.12. The molecule has 1 aliphatic rings. The van der Waals surface area contributed by atoms with E-state index in [1.807, 2.05) is 13.8 Å². The summed E-state index contributed by atoms with van der Waals surface area (Å²) in [7, 11) is 0. The number of hydrogen-bond donors (Lipinski definition) is 1. The zero-order chi connectivity index (χ0) is 9.90. The van der Waals surface area contributed by atoms with E-state index in [1.165, 1.54) is 0 Å². The van der Waals surface area contributed by atoms with Crippen LogP contribution in [0, 0.1) is 17.2 Å². The van der Waals surface area contributed by atoms with Gasteiger partial charge in [-0.2, -0.15) is 5.26 Å². The molecule has 1 aliphatic heterocycles. The van der Waals surface area contributed by atoms with Crippen LogP contribution in [0.5, 0.6) is 0 Å². The number of likely N-dealkylation sites (tertiary alicyclic amines) is 1. The Bertz CT molecular complexity index is 202. The van der Waals surface area contributed by atoms with Crippen molar-refractivity contribution in [2.45, 2.75) is 32.3 Å². The van der Waals surface area contributed by atoms with Crippen molar-refractivity contribution in [3.8, 4) is 6.07 Å². The van der Waals surface area contributed by atoms with Crippen LogP contribution < -0.4 is 0 Å². The topological polar surface area (TPSA) is 47.3 Å². The smallest absolute Gasteiger partial charge is 0.0718 e. The summed E-state index contributed by atoms with van der Waals surface area (Å²) in [6.07, 6.45) is 2.09. The number of nitriles is 1. The standard InChI is InChI=1S/C10H18N2O/c1-10(2,13)8-12-5-3-4-9(6-11)7-12/h9,13H,3-5,7-8H2,1-2H3. The first-order valence-electron chi connectivity index (χ1n) is 4.85. The molecule has 0 saturated carbocycles. The van der Waals surface area contributed by atoms with Crippen LogP contribution in [0.1, 0.15) is 26.7 Å². The average molecular weight is 182 g/mol. The molecule has 1 fully saturated rings. The first kappa shape index (κ1) is 10.5. The molecule has 0 aromatic heterocycles. The third kappa shape index (κ3) is 3.75. The lowest BCUT2D eigenvalue weighted by Crippen LogP contribution is -2.43. The molecule has 0 aromatic rings. The fourth-order valence-corrected chi connectivity index (χ4v) is 1.85. The Morgan fingerprint density at radius 3 is 2.85 bits per heavy atom. The van der Waals surface area contributed by atoms with Gasteiger partial charge in [0.25, 0.3) is 0 Å². The number of hydrogen-bond acceptors (Lipinski definition) is 3. The minimum absolute atomic E-state index is 0.163. The second-order valence-corrected chi connectivity index (χ2v) is 4.52. The van der Waals surface area contributed by atoms with Crippen LogP contribution in [0.3, 0.4) is 0 Å². The van der Waals surface area contributed by atoms with Gasteiger partial charge in [0.05, 0.1) is 17.6 Å². The van der Waals surface area contributed by atoms with Gasteiger partial charge in [-0.25, -0.2) is 0 Å². The van der Waals surface area contributed by atoms with Crippen molar-refractivity contribution >= 4 is 0 Å². The quantitative estimate of drug-likeness (QED) is 0.693. The molecule has 3 heteroatoms. The van der Waals surface area contributed by atoms with Gasteiger partial charge in [0.2, 0.25) is 0 Å². The predicted molar refractivity (Wildman–Crippen MR) is 51.1 cm³/mol. The van der Waals surface area contributed by atoms with Gasteiger partial charge >= 0.3 is 0 Å². The van der Waals surface area contributed by atoms with Crippen LogP contribution in [0.2, 0.25) is 0 Å². The lowest BCUT2D eigenvalue weighted by atomic mass is 9.98. The van der Waals surface area contributed by atoms with Crippen LogP contribution in [-0.4, -0.2) is 35.2 Å². The van der Waals surface area contributed by atoms with Gasteiger partial charge in [-0.15, -0.1) is 0 Å². The maximum absolute atomic E-state index is 9.60. The Hall–Kier alpha value is -0.590. The summed E-state index contributed by atoms with van der Waals surface area (Å²) in [5.41, 5.74) is -0.642.